The summed E-state index contributed by atoms with van der Waals surface area (Å²) in [5.74, 6) is 0.997. The van der Waals surface area contributed by atoms with Crippen molar-refractivity contribution in [3.63, 3.8) is 0 Å². The molecule has 0 saturated carbocycles. The minimum Gasteiger partial charge on any atom is -0.392 e. The zero-order chi connectivity index (χ0) is 17.8. The zero-order valence-electron chi connectivity index (χ0n) is 14.7. The number of piperidine rings is 1. The predicted octanol–water partition coefficient (Wildman–Crippen LogP) is 1.94. The largest absolute Gasteiger partial charge is 0.392 e. The Bertz CT molecular complexity index is 745. The number of rotatable bonds is 6. The highest BCUT2D eigenvalue weighted by Gasteiger charge is 2.27. The van der Waals surface area contributed by atoms with Gasteiger partial charge in [0.05, 0.1) is 17.1 Å². The first-order valence-electron chi connectivity index (χ1n) is 8.87. The first-order valence-corrected chi connectivity index (χ1v) is 8.87. The van der Waals surface area contributed by atoms with Crippen LogP contribution in [0.4, 0.5) is 5.95 Å². The van der Waals surface area contributed by atoms with Gasteiger partial charge in [-0.3, -0.25) is 4.79 Å². The first kappa shape index (κ1) is 17.5. The number of anilines is 1. The molecule has 1 atom stereocenters. The molecule has 1 saturated heterocycles. The van der Waals surface area contributed by atoms with Gasteiger partial charge >= 0.3 is 0 Å². The molecule has 0 bridgehead atoms. The molecule has 1 amide bonds. The lowest BCUT2D eigenvalue weighted by atomic mass is 9.96. The van der Waals surface area contributed by atoms with Gasteiger partial charge in [0.2, 0.25) is 11.9 Å². The van der Waals surface area contributed by atoms with Crippen LogP contribution in [0, 0.1) is 5.92 Å². The predicted molar refractivity (Wildman–Crippen MR) is 99.6 cm³/mol. The normalized spacial score (nSPS) is 16.8. The highest BCUT2D eigenvalue weighted by molar-refractivity contribution is 5.80. The smallest absolute Gasteiger partial charge is 0.223 e. The number of para-hydroxylation sites is 2. The minimum atomic E-state index is -0.511. The number of hydrogen-bond donors (Lipinski definition) is 2. The Balaban J connectivity index is 1.70. The summed E-state index contributed by atoms with van der Waals surface area (Å²) in [5.41, 5.74) is 2.09. The molecule has 3 rings (SSSR count). The number of fused-ring (bicyclic) bond motifs is 1. The third kappa shape index (κ3) is 3.85. The van der Waals surface area contributed by atoms with Crippen molar-refractivity contribution >= 4 is 22.9 Å². The molecule has 1 aliphatic rings. The second kappa shape index (κ2) is 7.70. The zero-order valence-corrected chi connectivity index (χ0v) is 14.7. The number of carbonyl (C=O) groups excluding carboxylic acids is 1. The third-order valence-corrected chi connectivity index (χ3v) is 4.67. The molecule has 2 aromatic rings. The SMILES string of the molecule is C=CCn1c(N2CCC(C(=O)NCC(C)O)CC2)nc2ccccc21. The van der Waals surface area contributed by atoms with Crippen molar-refractivity contribution in [1.29, 1.82) is 0 Å². The van der Waals surface area contributed by atoms with Gasteiger partial charge in [0.15, 0.2) is 0 Å². The molecular formula is C19H26N4O2. The number of hydrogen-bond acceptors (Lipinski definition) is 4. The highest BCUT2D eigenvalue weighted by Crippen LogP contribution is 2.27. The summed E-state index contributed by atoms with van der Waals surface area (Å²) in [5, 5.41) is 12.1. The van der Waals surface area contributed by atoms with Crippen molar-refractivity contribution in [2.75, 3.05) is 24.5 Å². The summed E-state index contributed by atoms with van der Waals surface area (Å²) in [6, 6.07) is 8.11. The Hall–Kier alpha value is -2.34. The average Bonchev–Trinajstić information content (AvgIpc) is 2.99. The molecule has 1 aromatic heterocycles. The molecule has 1 aromatic carbocycles. The van der Waals surface area contributed by atoms with Gasteiger partial charge in [-0.1, -0.05) is 18.2 Å². The van der Waals surface area contributed by atoms with Crippen LogP contribution >= 0.6 is 0 Å². The molecule has 6 nitrogen and oxygen atoms in total. The van der Waals surface area contributed by atoms with Crippen LogP contribution in [-0.2, 0) is 11.3 Å². The fourth-order valence-corrected chi connectivity index (χ4v) is 3.35. The lowest BCUT2D eigenvalue weighted by Gasteiger charge is -2.32. The van der Waals surface area contributed by atoms with Gasteiger partial charge in [-0.25, -0.2) is 4.98 Å². The van der Waals surface area contributed by atoms with Gasteiger partial charge in [-0.15, -0.1) is 6.58 Å². The van der Waals surface area contributed by atoms with Crippen molar-refractivity contribution in [3.05, 3.63) is 36.9 Å². The van der Waals surface area contributed by atoms with Gasteiger partial charge in [-0.05, 0) is 31.9 Å². The number of aliphatic hydroxyl groups is 1. The number of carbonyl (C=O) groups is 1. The van der Waals surface area contributed by atoms with Crippen molar-refractivity contribution in [2.45, 2.75) is 32.4 Å². The monoisotopic (exact) mass is 342 g/mol. The fraction of sp³-hybridized carbons (Fsp3) is 0.474. The number of aliphatic hydroxyl groups excluding tert-OH is 1. The Kier molecular flexibility index (Phi) is 5.38. The van der Waals surface area contributed by atoms with Crippen LogP contribution in [0.15, 0.2) is 36.9 Å². The van der Waals surface area contributed by atoms with E-state index in [9.17, 15) is 9.90 Å². The van der Waals surface area contributed by atoms with E-state index < -0.39 is 6.10 Å². The number of aromatic nitrogens is 2. The van der Waals surface area contributed by atoms with Gasteiger partial charge in [0, 0.05) is 32.1 Å². The Morgan fingerprint density at radius 2 is 2.16 bits per heavy atom. The van der Waals surface area contributed by atoms with E-state index in [1.807, 2.05) is 24.3 Å². The van der Waals surface area contributed by atoms with E-state index in [1.165, 1.54) is 0 Å². The Morgan fingerprint density at radius 1 is 1.44 bits per heavy atom. The molecule has 0 radical (unpaired) electrons. The number of benzene rings is 1. The summed E-state index contributed by atoms with van der Waals surface area (Å²) in [4.78, 5) is 19.2. The molecule has 2 heterocycles. The van der Waals surface area contributed by atoms with Crippen LogP contribution in [0.25, 0.3) is 11.0 Å². The molecular weight excluding hydrogens is 316 g/mol. The van der Waals surface area contributed by atoms with E-state index in [4.69, 9.17) is 4.98 Å². The third-order valence-electron chi connectivity index (χ3n) is 4.67. The number of nitrogens with zero attached hydrogens (tertiary/aromatic N) is 3. The maximum atomic E-state index is 12.2. The lowest BCUT2D eigenvalue weighted by Crippen LogP contribution is -2.42. The number of amides is 1. The summed E-state index contributed by atoms with van der Waals surface area (Å²) in [6.45, 7) is 8.16. The van der Waals surface area contributed by atoms with Crippen LogP contribution < -0.4 is 10.2 Å². The van der Waals surface area contributed by atoms with Crippen LogP contribution in [0.1, 0.15) is 19.8 Å². The van der Waals surface area contributed by atoms with Gasteiger partial charge in [0.1, 0.15) is 0 Å². The summed E-state index contributed by atoms with van der Waals surface area (Å²) in [7, 11) is 0. The number of allylic oxidation sites excluding steroid dienone is 1. The summed E-state index contributed by atoms with van der Waals surface area (Å²) in [6.07, 6.45) is 2.96. The molecule has 1 unspecified atom stereocenters. The molecule has 2 N–H and O–H groups in total. The van der Waals surface area contributed by atoms with E-state index in [1.54, 1.807) is 6.92 Å². The maximum Gasteiger partial charge on any atom is 0.223 e. The standard InChI is InChI=1S/C19H26N4O2/c1-3-10-23-17-7-5-4-6-16(17)21-19(23)22-11-8-15(9-12-22)18(25)20-13-14(2)24/h3-7,14-15,24H,1,8-13H2,2H3,(H,20,25). The van der Waals surface area contributed by atoms with Gasteiger partial charge in [0.25, 0.3) is 0 Å². The molecule has 0 spiro atoms. The molecule has 134 valence electrons. The molecule has 1 fully saturated rings. The summed E-state index contributed by atoms with van der Waals surface area (Å²) < 4.78 is 2.18. The van der Waals surface area contributed by atoms with Crippen molar-refractivity contribution in [3.8, 4) is 0 Å². The first-order chi connectivity index (χ1) is 12.1. The molecule has 25 heavy (non-hydrogen) atoms. The fourth-order valence-electron chi connectivity index (χ4n) is 3.35. The van der Waals surface area contributed by atoms with Gasteiger partial charge < -0.3 is 19.9 Å². The lowest BCUT2D eigenvalue weighted by molar-refractivity contribution is -0.126. The van der Waals surface area contributed by atoms with Crippen LogP contribution in [0.2, 0.25) is 0 Å². The van der Waals surface area contributed by atoms with E-state index >= 15 is 0 Å². The van der Waals surface area contributed by atoms with Crippen molar-refractivity contribution in [2.24, 2.45) is 5.92 Å². The highest BCUT2D eigenvalue weighted by atomic mass is 16.3. The van der Waals surface area contributed by atoms with Crippen molar-refractivity contribution < 1.29 is 9.90 Å². The quantitative estimate of drug-likeness (QED) is 0.787. The second-order valence-corrected chi connectivity index (χ2v) is 6.66. The van der Waals surface area contributed by atoms with Gasteiger partial charge in [-0.2, -0.15) is 0 Å². The maximum absolute atomic E-state index is 12.2. The van der Waals surface area contributed by atoms with E-state index in [0.29, 0.717) is 13.1 Å². The van der Waals surface area contributed by atoms with E-state index in [-0.39, 0.29) is 11.8 Å². The molecule has 1 aliphatic heterocycles. The van der Waals surface area contributed by atoms with Crippen LogP contribution in [-0.4, -0.2) is 46.3 Å². The minimum absolute atomic E-state index is 0.00670. The van der Waals surface area contributed by atoms with E-state index in [2.05, 4.69) is 27.4 Å². The van der Waals surface area contributed by atoms with Crippen molar-refractivity contribution in [1.82, 2.24) is 14.9 Å². The average molecular weight is 342 g/mol. The topological polar surface area (TPSA) is 70.4 Å². The van der Waals surface area contributed by atoms with Crippen LogP contribution in [0.3, 0.4) is 0 Å². The summed E-state index contributed by atoms with van der Waals surface area (Å²) >= 11 is 0. The Labute approximate surface area is 148 Å². The Morgan fingerprint density at radius 3 is 2.84 bits per heavy atom. The second-order valence-electron chi connectivity index (χ2n) is 6.66. The van der Waals surface area contributed by atoms with Crippen LogP contribution in [0.5, 0.6) is 0 Å². The molecule has 0 aliphatic carbocycles. The van der Waals surface area contributed by atoms with E-state index in [0.717, 1.165) is 42.9 Å². The number of nitrogens with one attached hydrogen (secondary N) is 1. The number of imidazole rings is 1. The molecule has 6 heteroatoms.